The van der Waals surface area contributed by atoms with Gasteiger partial charge in [0.25, 0.3) is 0 Å². The van der Waals surface area contributed by atoms with E-state index in [1.54, 1.807) is 0 Å². The van der Waals surface area contributed by atoms with E-state index in [-0.39, 0.29) is 0 Å². The zero-order valence-corrected chi connectivity index (χ0v) is 28.4. The van der Waals surface area contributed by atoms with Crippen molar-refractivity contribution in [2.45, 2.75) is 0 Å². The third kappa shape index (κ3) is 4.29. The number of benzene rings is 8. The summed E-state index contributed by atoms with van der Waals surface area (Å²) in [7, 11) is 0. The van der Waals surface area contributed by atoms with E-state index < -0.39 is 0 Å². The highest BCUT2D eigenvalue weighted by Gasteiger charge is 2.17. The van der Waals surface area contributed by atoms with Crippen LogP contribution in [0.5, 0.6) is 0 Å². The van der Waals surface area contributed by atoms with Crippen LogP contribution >= 0.6 is 11.3 Å². The van der Waals surface area contributed by atoms with Crippen molar-refractivity contribution in [3.8, 4) is 33.6 Å². The Morgan fingerprint density at radius 2 is 0.863 bits per heavy atom. The quantitative estimate of drug-likeness (QED) is 0.177. The molecule has 2 nitrogen and oxygen atoms in total. The van der Waals surface area contributed by atoms with Crippen LogP contribution in [-0.2, 0) is 0 Å². The van der Waals surface area contributed by atoms with Crippen LogP contribution in [0.15, 0.2) is 182 Å². The minimum Gasteiger partial charge on any atom is -0.309 e. The molecule has 0 bridgehead atoms. The first-order valence-electron chi connectivity index (χ1n) is 17.4. The number of hydrogen-bond donors (Lipinski definition) is 0. The summed E-state index contributed by atoms with van der Waals surface area (Å²) in [6.45, 7) is 0. The van der Waals surface area contributed by atoms with E-state index in [1.807, 2.05) is 11.3 Å². The summed E-state index contributed by atoms with van der Waals surface area (Å²) in [6, 6.07) is 66.6. The summed E-state index contributed by atoms with van der Waals surface area (Å²) >= 11 is 1.89. The molecule has 0 saturated carbocycles. The van der Waals surface area contributed by atoms with Gasteiger partial charge in [-0.05, 0) is 76.9 Å². The van der Waals surface area contributed by atoms with Gasteiger partial charge in [-0.3, -0.25) is 0 Å². The van der Waals surface area contributed by atoms with Gasteiger partial charge in [-0.1, -0.05) is 127 Å². The molecule has 0 fully saturated rings. The number of para-hydroxylation sites is 3. The van der Waals surface area contributed by atoms with E-state index in [9.17, 15) is 0 Å². The van der Waals surface area contributed by atoms with Gasteiger partial charge < -0.3 is 9.13 Å². The fraction of sp³-hybridized carbons (Fsp3) is 0. The summed E-state index contributed by atoms with van der Waals surface area (Å²) < 4.78 is 7.50. The van der Waals surface area contributed by atoms with Crippen molar-refractivity contribution in [1.82, 2.24) is 9.13 Å². The van der Waals surface area contributed by atoms with Gasteiger partial charge in [0, 0.05) is 53.1 Å². The third-order valence-electron chi connectivity index (χ3n) is 10.5. The Hall–Kier alpha value is -6.42. The summed E-state index contributed by atoms with van der Waals surface area (Å²) in [5.41, 5.74) is 12.1. The standard InChI is InChI=1S/C48H30N2S/c1-2-12-31(13-3-1)36-19-11-20-41-42-29-33(24-27-47(42)51-48(36)41)32-14-10-15-34(28-32)50-45-23-9-6-18-39(45)40-26-25-35(30-46(40)50)49-43-21-7-4-16-37(43)38-17-5-8-22-44(38)49/h1-30H. The summed E-state index contributed by atoms with van der Waals surface area (Å²) in [4.78, 5) is 0. The molecule has 3 heterocycles. The lowest BCUT2D eigenvalue weighted by molar-refractivity contribution is 1.15. The van der Waals surface area contributed by atoms with Crippen LogP contribution in [0.25, 0.3) is 97.4 Å². The second-order valence-corrected chi connectivity index (χ2v) is 14.4. The van der Waals surface area contributed by atoms with Crippen LogP contribution in [0.1, 0.15) is 0 Å². The van der Waals surface area contributed by atoms with Gasteiger partial charge >= 0.3 is 0 Å². The zero-order chi connectivity index (χ0) is 33.5. The van der Waals surface area contributed by atoms with Crippen LogP contribution in [0.3, 0.4) is 0 Å². The lowest BCUT2D eigenvalue weighted by atomic mass is 10.00. The summed E-state index contributed by atoms with van der Waals surface area (Å²) in [5, 5.41) is 7.67. The summed E-state index contributed by atoms with van der Waals surface area (Å²) in [5.74, 6) is 0. The molecule has 11 rings (SSSR count). The lowest BCUT2D eigenvalue weighted by Gasteiger charge is -2.12. The van der Waals surface area contributed by atoms with Crippen molar-refractivity contribution in [2.75, 3.05) is 0 Å². The first-order valence-corrected chi connectivity index (χ1v) is 18.3. The van der Waals surface area contributed by atoms with E-state index >= 15 is 0 Å². The van der Waals surface area contributed by atoms with E-state index in [0.717, 1.165) is 11.4 Å². The molecule has 51 heavy (non-hydrogen) atoms. The lowest BCUT2D eigenvalue weighted by Crippen LogP contribution is -1.97. The van der Waals surface area contributed by atoms with Crippen molar-refractivity contribution in [3.63, 3.8) is 0 Å². The molecule has 0 spiro atoms. The van der Waals surface area contributed by atoms with Crippen molar-refractivity contribution in [2.24, 2.45) is 0 Å². The van der Waals surface area contributed by atoms with E-state index in [1.165, 1.54) is 86.0 Å². The molecule has 0 amide bonds. The maximum atomic E-state index is 2.44. The second-order valence-electron chi connectivity index (χ2n) is 13.3. The van der Waals surface area contributed by atoms with Crippen molar-refractivity contribution >= 4 is 75.1 Å². The SMILES string of the molecule is c1ccc(-c2cccc3c2sc2ccc(-c4cccc(-n5c6ccccc6c6ccc(-n7c8ccccc8c8ccccc87)cc65)c4)cc23)cc1. The van der Waals surface area contributed by atoms with Crippen molar-refractivity contribution in [3.05, 3.63) is 182 Å². The monoisotopic (exact) mass is 666 g/mol. The molecule has 0 aliphatic heterocycles. The molecule has 0 unspecified atom stereocenters. The minimum atomic E-state index is 1.15. The number of nitrogens with zero attached hydrogens (tertiary/aromatic N) is 2. The first kappa shape index (κ1) is 28.4. The third-order valence-corrected chi connectivity index (χ3v) is 11.7. The van der Waals surface area contributed by atoms with Crippen LogP contribution < -0.4 is 0 Å². The Kier molecular flexibility index (Phi) is 6.16. The maximum absolute atomic E-state index is 2.44. The van der Waals surface area contributed by atoms with Gasteiger partial charge in [-0.15, -0.1) is 11.3 Å². The van der Waals surface area contributed by atoms with Crippen LogP contribution in [0.2, 0.25) is 0 Å². The fourth-order valence-electron chi connectivity index (χ4n) is 8.22. The highest BCUT2D eigenvalue weighted by atomic mass is 32.1. The molecular weight excluding hydrogens is 637 g/mol. The number of fused-ring (bicyclic) bond motifs is 9. The highest BCUT2D eigenvalue weighted by Crippen LogP contribution is 2.42. The maximum Gasteiger partial charge on any atom is 0.0561 e. The number of rotatable bonds is 4. The molecule has 11 aromatic rings. The molecule has 8 aromatic carbocycles. The van der Waals surface area contributed by atoms with Crippen LogP contribution in [0, 0.1) is 0 Å². The molecule has 3 heteroatoms. The van der Waals surface area contributed by atoms with Gasteiger partial charge in [-0.25, -0.2) is 0 Å². The zero-order valence-electron chi connectivity index (χ0n) is 27.6. The molecular formula is C48H30N2S. The van der Waals surface area contributed by atoms with Crippen LogP contribution in [-0.4, -0.2) is 9.13 Å². The average molecular weight is 667 g/mol. The van der Waals surface area contributed by atoms with Gasteiger partial charge in [0.1, 0.15) is 0 Å². The Bertz CT molecular complexity index is 3090. The molecule has 3 aromatic heterocycles. The Balaban J connectivity index is 1.09. The Morgan fingerprint density at radius 1 is 0.314 bits per heavy atom. The van der Waals surface area contributed by atoms with Crippen LogP contribution in [0.4, 0.5) is 0 Å². The predicted octanol–water partition coefficient (Wildman–Crippen LogP) is 13.6. The summed E-state index contributed by atoms with van der Waals surface area (Å²) in [6.07, 6.45) is 0. The molecule has 0 aliphatic rings. The topological polar surface area (TPSA) is 9.86 Å². The predicted molar refractivity (Wildman–Crippen MR) is 219 cm³/mol. The van der Waals surface area contributed by atoms with E-state index in [2.05, 4.69) is 191 Å². The smallest absolute Gasteiger partial charge is 0.0561 e. The van der Waals surface area contributed by atoms with E-state index in [4.69, 9.17) is 0 Å². The Labute approximate surface area is 298 Å². The minimum absolute atomic E-state index is 1.15. The van der Waals surface area contributed by atoms with Gasteiger partial charge in [0.2, 0.25) is 0 Å². The van der Waals surface area contributed by atoms with Crippen molar-refractivity contribution < 1.29 is 0 Å². The van der Waals surface area contributed by atoms with Crippen molar-refractivity contribution in [1.29, 1.82) is 0 Å². The molecule has 238 valence electrons. The molecule has 0 N–H and O–H groups in total. The largest absolute Gasteiger partial charge is 0.309 e. The number of hydrogen-bond acceptors (Lipinski definition) is 1. The molecule has 0 atom stereocenters. The molecule has 0 saturated heterocycles. The molecule has 0 aliphatic carbocycles. The van der Waals surface area contributed by atoms with Gasteiger partial charge in [0.05, 0.1) is 22.1 Å². The number of aromatic nitrogens is 2. The Morgan fingerprint density at radius 3 is 1.59 bits per heavy atom. The number of thiophene rings is 1. The second kappa shape index (κ2) is 11.0. The highest BCUT2D eigenvalue weighted by molar-refractivity contribution is 7.26. The first-order chi connectivity index (χ1) is 25.3. The van der Waals surface area contributed by atoms with Gasteiger partial charge in [0.15, 0.2) is 0 Å². The van der Waals surface area contributed by atoms with Gasteiger partial charge in [-0.2, -0.15) is 0 Å². The average Bonchev–Trinajstić information content (AvgIpc) is 3.85. The molecule has 0 radical (unpaired) electrons. The fourth-order valence-corrected chi connectivity index (χ4v) is 9.44. The normalized spacial score (nSPS) is 11.9. The van der Waals surface area contributed by atoms with E-state index in [0.29, 0.717) is 0 Å².